The lowest BCUT2D eigenvalue weighted by Gasteiger charge is -2.12. The average Bonchev–Trinajstić information content (AvgIpc) is 2.76. The van der Waals surface area contributed by atoms with Gasteiger partial charge in [0, 0.05) is 24.8 Å². The number of aryl methyl sites for hydroxylation is 1. The highest BCUT2D eigenvalue weighted by Crippen LogP contribution is 2.24. The van der Waals surface area contributed by atoms with Crippen LogP contribution in [0.4, 0.5) is 11.4 Å². The number of hydrogen-bond acceptors (Lipinski definition) is 6. The highest BCUT2D eigenvalue weighted by molar-refractivity contribution is 8.15. The first-order chi connectivity index (χ1) is 15.2. The van der Waals surface area contributed by atoms with Crippen molar-refractivity contribution in [1.82, 2.24) is 9.13 Å². The van der Waals surface area contributed by atoms with Crippen LogP contribution < -0.4 is 16.6 Å². The summed E-state index contributed by atoms with van der Waals surface area (Å²) in [5, 5.41) is 13.9. The Kier molecular flexibility index (Phi) is 7.22. The van der Waals surface area contributed by atoms with Gasteiger partial charge in [-0.3, -0.25) is 18.7 Å². The lowest BCUT2D eigenvalue weighted by molar-refractivity contribution is -0.113. The molecule has 1 aromatic heterocycles. The first-order valence-electron chi connectivity index (χ1n) is 9.50. The molecule has 0 unspecified atom stereocenters. The average molecular weight is 473 g/mol. The van der Waals surface area contributed by atoms with Crippen molar-refractivity contribution >= 4 is 45.7 Å². The lowest BCUT2D eigenvalue weighted by Crippen LogP contribution is -2.39. The van der Waals surface area contributed by atoms with Crippen molar-refractivity contribution < 1.29 is 9.90 Å². The molecule has 10 heteroatoms. The summed E-state index contributed by atoms with van der Waals surface area (Å²) in [6.07, 6.45) is 0. The van der Waals surface area contributed by atoms with Crippen LogP contribution in [0.15, 0.2) is 63.1 Å². The fraction of sp³-hybridized carbons (Fsp3) is 0.182. The molecule has 0 atom stereocenters. The number of anilines is 1. The van der Waals surface area contributed by atoms with Crippen LogP contribution in [0.3, 0.4) is 0 Å². The van der Waals surface area contributed by atoms with Gasteiger partial charge in [-0.05, 0) is 48.9 Å². The summed E-state index contributed by atoms with van der Waals surface area (Å²) in [6.45, 7) is 1.92. The summed E-state index contributed by atoms with van der Waals surface area (Å²) in [4.78, 5) is 41.9. The summed E-state index contributed by atoms with van der Waals surface area (Å²) >= 11 is 6.90. The number of amides is 1. The van der Waals surface area contributed by atoms with Gasteiger partial charge in [-0.15, -0.1) is 0 Å². The molecule has 166 valence electrons. The van der Waals surface area contributed by atoms with Gasteiger partial charge < -0.3 is 10.4 Å². The fourth-order valence-corrected chi connectivity index (χ4v) is 3.83. The molecule has 0 saturated heterocycles. The van der Waals surface area contributed by atoms with E-state index in [4.69, 9.17) is 11.6 Å². The molecule has 2 N–H and O–H groups in total. The second-order valence-corrected chi connectivity index (χ2v) is 8.40. The van der Waals surface area contributed by atoms with Gasteiger partial charge in [-0.25, -0.2) is 9.79 Å². The van der Waals surface area contributed by atoms with Crippen molar-refractivity contribution in [2.45, 2.75) is 6.92 Å². The topological polar surface area (TPSA) is 106 Å². The van der Waals surface area contributed by atoms with Crippen molar-refractivity contribution in [1.29, 1.82) is 0 Å². The van der Waals surface area contributed by atoms with E-state index in [0.29, 0.717) is 16.4 Å². The molecule has 8 nitrogen and oxygen atoms in total. The van der Waals surface area contributed by atoms with Gasteiger partial charge >= 0.3 is 5.69 Å². The monoisotopic (exact) mass is 472 g/mol. The minimum atomic E-state index is -0.718. The van der Waals surface area contributed by atoms with Gasteiger partial charge in [-0.2, -0.15) is 0 Å². The van der Waals surface area contributed by atoms with Gasteiger partial charge in [0.2, 0.25) is 11.8 Å². The van der Waals surface area contributed by atoms with Gasteiger partial charge in [0.25, 0.3) is 5.56 Å². The quantitative estimate of drug-likeness (QED) is 0.438. The Balaban J connectivity index is 1.97. The molecule has 1 amide bonds. The van der Waals surface area contributed by atoms with Gasteiger partial charge in [0.15, 0.2) is 0 Å². The Labute approximate surface area is 193 Å². The molecule has 0 radical (unpaired) electrons. The van der Waals surface area contributed by atoms with Crippen LogP contribution >= 0.6 is 23.4 Å². The zero-order valence-electron chi connectivity index (χ0n) is 17.6. The summed E-state index contributed by atoms with van der Waals surface area (Å²) in [5.41, 5.74) is 0.546. The number of thioether (sulfide) groups is 1. The maximum absolute atomic E-state index is 12.8. The predicted octanol–water partition coefficient (Wildman–Crippen LogP) is 3.20. The van der Waals surface area contributed by atoms with E-state index >= 15 is 0 Å². The van der Waals surface area contributed by atoms with Gasteiger partial charge in [0.05, 0.1) is 11.4 Å². The van der Waals surface area contributed by atoms with Crippen LogP contribution in [0.5, 0.6) is 5.88 Å². The molecule has 0 aliphatic heterocycles. The Morgan fingerprint density at radius 3 is 2.47 bits per heavy atom. The molecule has 1 heterocycles. The molecule has 32 heavy (non-hydrogen) atoms. The number of aromatic nitrogens is 2. The highest BCUT2D eigenvalue weighted by Gasteiger charge is 2.22. The van der Waals surface area contributed by atoms with Gasteiger partial charge in [0.1, 0.15) is 10.6 Å². The third kappa shape index (κ3) is 5.30. The Morgan fingerprint density at radius 1 is 1.12 bits per heavy atom. The molecule has 0 saturated carbocycles. The normalized spacial score (nSPS) is 11.4. The number of hydrogen-bond donors (Lipinski definition) is 2. The maximum Gasteiger partial charge on any atom is 0.333 e. The zero-order valence-corrected chi connectivity index (χ0v) is 19.2. The Morgan fingerprint density at radius 2 is 1.81 bits per heavy atom. The van der Waals surface area contributed by atoms with Crippen LogP contribution in [0.1, 0.15) is 11.1 Å². The van der Waals surface area contributed by atoms with E-state index in [2.05, 4.69) is 10.3 Å². The third-order valence-corrected chi connectivity index (χ3v) is 5.77. The van der Waals surface area contributed by atoms with E-state index in [-0.39, 0.29) is 22.3 Å². The molecule has 2 aromatic carbocycles. The number of nitrogens with zero attached hydrogens (tertiary/aromatic N) is 3. The van der Waals surface area contributed by atoms with E-state index in [1.54, 1.807) is 30.3 Å². The Hall–Kier alpha value is -3.30. The van der Waals surface area contributed by atoms with Crippen molar-refractivity contribution in [3.8, 4) is 5.88 Å². The van der Waals surface area contributed by atoms with E-state index < -0.39 is 17.1 Å². The molecule has 0 fully saturated rings. The first-order valence-corrected chi connectivity index (χ1v) is 10.9. The number of carbonyl (C=O) groups is 1. The zero-order chi connectivity index (χ0) is 23.4. The summed E-state index contributed by atoms with van der Waals surface area (Å²) < 4.78 is 1.82. The molecule has 3 aromatic rings. The van der Waals surface area contributed by atoms with Crippen LogP contribution in [-0.2, 0) is 18.9 Å². The second-order valence-electron chi connectivity index (χ2n) is 7.00. The molecular weight excluding hydrogens is 452 g/mol. The van der Waals surface area contributed by atoms with Crippen molar-refractivity contribution in [3.63, 3.8) is 0 Å². The maximum atomic E-state index is 12.8. The molecule has 0 aliphatic rings. The second kappa shape index (κ2) is 9.88. The summed E-state index contributed by atoms with van der Waals surface area (Å²) in [7, 11) is 2.65. The molecule has 0 aliphatic carbocycles. The lowest BCUT2D eigenvalue weighted by atomic mass is 10.2. The molecule has 0 bridgehead atoms. The number of nitrogens with one attached hydrogen (secondary N) is 1. The summed E-state index contributed by atoms with van der Waals surface area (Å²) in [5.74, 6) is -0.922. The van der Waals surface area contributed by atoms with Crippen molar-refractivity contribution in [2.75, 3.05) is 11.1 Å². The highest BCUT2D eigenvalue weighted by atomic mass is 35.5. The number of rotatable bonds is 5. The smallest absolute Gasteiger partial charge is 0.333 e. The molecule has 0 spiro atoms. The summed E-state index contributed by atoms with van der Waals surface area (Å²) in [6, 6.07) is 13.9. The van der Waals surface area contributed by atoms with Crippen LogP contribution in [-0.4, -0.2) is 30.9 Å². The fourth-order valence-electron chi connectivity index (χ4n) is 2.87. The number of carbonyl (C=O) groups excluding carboxylic acids is 1. The van der Waals surface area contributed by atoms with Crippen LogP contribution in [0, 0.1) is 6.92 Å². The van der Waals surface area contributed by atoms with E-state index in [0.717, 1.165) is 26.5 Å². The van der Waals surface area contributed by atoms with Crippen molar-refractivity contribution in [3.05, 3.63) is 85.5 Å². The number of aliphatic imine (C=N–C) groups is 1. The SMILES string of the molecule is Cc1cccc(NC(=O)CSC(=Nc2ccc(Cl)cc2)c2c(O)n(C)c(=O)n(C)c2=O)c1. The minimum Gasteiger partial charge on any atom is -0.494 e. The molecular formula is C22H21ClN4O4S. The Bertz CT molecular complexity index is 1310. The van der Waals surface area contributed by atoms with Crippen molar-refractivity contribution in [2.24, 2.45) is 19.1 Å². The van der Waals surface area contributed by atoms with E-state index in [1.165, 1.54) is 14.1 Å². The number of halogens is 1. The minimum absolute atomic E-state index is 0.0776. The first kappa shape index (κ1) is 23.4. The van der Waals surface area contributed by atoms with Gasteiger partial charge in [-0.1, -0.05) is 35.5 Å². The third-order valence-electron chi connectivity index (χ3n) is 4.55. The largest absolute Gasteiger partial charge is 0.494 e. The number of benzene rings is 2. The van der Waals surface area contributed by atoms with Crippen LogP contribution in [0.25, 0.3) is 0 Å². The van der Waals surface area contributed by atoms with E-state index in [9.17, 15) is 19.5 Å². The number of aromatic hydroxyl groups is 1. The predicted molar refractivity (Wildman–Crippen MR) is 129 cm³/mol. The molecule has 3 rings (SSSR count). The standard InChI is InChI=1S/C22H21ClN4O4S/c1-13-5-4-6-16(11-13)24-17(28)12-32-19(25-15-9-7-14(23)8-10-15)18-20(29)26(2)22(31)27(3)21(18)30/h4-11,29H,12H2,1-3H3,(H,24,28). The van der Waals surface area contributed by atoms with Crippen LogP contribution in [0.2, 0.25) is 5.02 Å². The van der Waals surface area contributed by atoms with E-state index in [1.807, 2.05) is 25.1 Å².